The summed E-state index contributed by atoms with van der Waals surface area (Å²) in [6, 6.07) is 25.9. The largest absolute Gasteiger partial charge is 0.248 e. The van der Waals surface area contributed by atoms with Crippen LogP contribution in [0.5, 0.6) is 0 Å². The molecule has 0 atom stereocenters. The van der Waals surface area contributed by atoms with Crippen LogP contribution in [-0.4, -0.2) is 4.98 Å². The highest BCUT2D eigenvalue weighted by molar-refractivity contribution is 6.09. The molecule has 24 heavy (non-hydrogen) atoms. The second-order valence-electron chi connectivity index (χ2n) is 6.32. The zero-order valence-corrected chi connectivity index (χ0v) is 14.0. The van der Waals surface area contributed by atoms with E-state index >= 15 is 0 Å². The van der Waals surface area contributed by atoms with Crippen LogP contribution in [0.3, 0.4) is 0 Å². The summed E-state index contributed by atoms with van der Waals surface area (Å²) in [5.41, 5.74) is 6.09. The fourth-order valence-corrected chi connectivity index (χ4v) is 3.37. The van der Waals surface area contributed by atoms with Crippen LogP contribution >= 0.6 is 0 Å². The Bertz CT molecular complexity index is 930. The zero-order valence-electron chi connectivity index (χ0n) is 14.0. The van der Waals surface area contributed by atoms with Gasteiger partial charge in [-0.15, -0.1) is 0 Å². The van der Waals surface area contributed by atoms with Crippen LogP contribution in [0, 0.1) is 0 Å². The van der Waals surface area contributed by atoms with Crippen molar-refractivity contribution < 1.29 is 0 Å². The number of unbranched alkanes of at least 4 members (excludes halogenated alkanes) is 1. The lowest BCUT2D eigenvalue weighted by Gasteiger charge is -2.12. The number of aryl methyl sites for hydroxylation is 1. The van der Waals surface area contributed by atoms with Gasteiger partial charge in [0.25, 0.3) is 0 Å². The molecule has 0 spiro atoms. The van der Waals surface area contributed by atoms with E-state index in [-0.39, 0.29) is 0 Å². The van der Waals surface area contributed by atoms with Crippen molar-refractivity contribution in [3.8, 4) is 11.1 Å². The molecule has 1 aromatic heterocycles. The minimum Gasteiger partial charge on any atom is -0.248 e. The molecule has 1 nitrogen and oxygen atoms in total. The molecule has 4 rings (SSSR count). The van der Waals surface area contributed by atoms with Crippen molar-refractivity contribution in [3.63, 3.8) is 0 Å². The normalized spacial score (nSPS) is 11.2. The molecule has 0 amide bonds. The second-order valence-corrected chi connectivity index (χ2v) is 6.32. The molecule has 0 N–H and O–H groups in total. The standard InChI is InChI=1S/C23H21N/c1-2-3-8-17-13-15-18(16-14-17)23-19-9-4-6-11-21(19)24-22-12-7-5-10-20(22)23/h4-7,9-16H,2-3,8H2,1H3. The van der Waals surface area contributed by atoms with Gasteiger partial charge in [-0.25, -0.2) is 4.98 Å². The lowest BCUT2D eigenvalue weighted by molar-refractivity contribution is 0.795. The van der Waals surface area contributed by atoms with Crippen molar-refractivity contribution in [1.29, 1.82) is 0 Å². The van der Waals surface area contributed by atoms with Gasteiger partial charge in [-0.3, -0.25) is 0 Å². The minimum atomic E-state index is 1.06. The molecule has 0 fully saturated rings. The second kappa shape index (κ2) is 6.45. The molecule has 0 aliphatic rings. The highest BCUT2D eigenvalue weighted by Gasteiger charge is 2.10. The Kier molecular flexibility index (Phi) is 4.00. The third-order valence-electron chi connectivity index (χ3n) is 4.65. The molecule has 0 aliphatic carbocycles. The average molecular weight is 311 g/mol. The maximum atomic E-state index is 4.82. The minimum absolute atomic E-state index is 1.06. The molecule has 3 aromatic carbocycles. The number of aromatic nitrogens is 1. The third kappa shape index (κ3) is 2.67. The highest BCUT2D eigenvalue weighted by atomic mass is 14.7. The molecule has 0 saturated carbocycles. The van der Waals surface area contributed by atoms with Gasteiger partial charge in [-0.1, -0.05) is 74.0 Å². The first-order valence-electron chi connectivity index (χ1n) is 8.73. The fraction of sp³-hybridized carbons (Fsp3) is 0.174. The summed E-state index contributed by atoms with van der Waals surface area (Å²) in [5, 5.41) is 2.44. The van der Waals surface area contributed by atoms with Gasteiger partial charge in [-0.05, 0) is 36.1 Å². The van der Waals surface area contributed by atoms with E-state index in [1.165, 1.54) is 40.3 Å². The Morgan fingerprint density at radius 2 is 1.29 bits per heavy atom. The maximum Gasteiger partial charge on any atom is 0.0715 e. The van der Waals surface area contributed by atoms with Crippen molar-refractivity contribution in [2.24, 2.45) is 0 Å². The van der Waals surface area contributed by atoms with Gasteiger partial charge in [0.15, 0.2) is 0 Å². The van der Waals surface area contributed by atoms with E-state index in [1.807, 2.05) is 0 Å². The molecule has 0 aliphatic heterocycles. The van der Waals surface area contributed by atoms with Gasteiger partial charge in [0.2, 0.25) is 0 Å². The summed E-state index contributed by atoms with van der Waals surface area (Å²) in [7, 11) is 0. The number of hydrogen-bond donors (Lipinski definition) is 0. The van der Waals surface area contributed by atoms with E-state index in [0.717, 1.165) is 17.5 Å². The van der Waals surface area contributed by atoms with Crippen LogP contribution < -0.4 is 0 Å². The van der Waals surface area contributed by atoms with E-state index in [0.29, 0.717) is 0 Å². The maximum absolute atomic E-state index is 4.82. The lowest BCUT2D eigenvalue weighted by atomic mass is 9.95. The first-order chi connectivity index (χ1) is 11.9. The number of pyridine rings is 1. The number of benzene rings is 3. The molecule has 0 bridgehead atoms. The third-order valence-corrected chi connectivity index (χ3v) is 4.65. The molecule has 0 saturated heterocycles. The van der Waals surface area contributed by atoms with Crippen LogP contribution in [0.15, 0.2) is 72.8 Å². The highest BCUT2D eigenvalue weighted by Crippen LogP contribution is 2.34. The number of rotatable bonds is 4. The monoisotopic (exact) mass is 311 g/mol. The van der Waals surface area contributed by atoms with E-state index in [9.17, 15) is 0 Å². The Morgan fingerprint density at radius 3 is 1.88 bits per heavy atom. The first-order valence-corrected chi connectivity index (χ1v) is 8.73. The summed E-state index contributed by atoms with van der Waals surface area (Å²) in [5.74, 6) is 0. The van der Waals surface area contributed by atoms with E-state index in [2.05, 4.69) is 79.7 Å². The molecule has 1 heteroatoms. The lowest BCUT2D eigenvalue weighted by Crippen LogP contribution is -1.90. The molecular weight excluding hydrogens is 290 g/mol. The first kappa shape index (κ1) is 14.9. The van der Waals surface area contributed by atoms with Crippen molar-refractivity contribution in [1.82, 2.24) is 4.98 Å². The van der Waals surface area contributed by atoms with Gasteiger partial charge in [0.1, 0.15) is 0 Å². The molecular formula is C23H21N. The van der Waals surface area contributed by atoms with Crippen molar-refractivity contribution in [3.05, 3.63) is 78.4 Å². The van der Waals surface area contributed by atoms with Crippen molar-refractivity contribution in [2.75, 3.05) is 0 Å². The van der Waals surface area contributed by atoms with E-state index in [4.69, 9.17) is 4.98 Å². The number of hydrogen-bond acceptors (Lipinski definition) is 1. The van der Waals surface area contributed by atoms with Gasteiger partial charge in [-0.2, -0.15) is 0 Å². The molecule has 4 aromatic rings. The van der Waals surface area contributed by atoms with Crippen LogP contribution in [0.2, 0.25) is 0 Å². The van der Waals surface area contributed by atoms with Crippen molar-refractivity contribution in [2.45, 2.75) is 26.2 Å². The SMILES string of the molecule is CCCCc1ccc(-c2c3ccccc3nc3ccccc23)cc1. The number of nitrogens with zero attached hydrogens (tertiary/aromatic N) is 1. The smallest absolute Gasteiger partial charge is 0.0715 e. The van der Waals surface area contributed by atoms with Crippen LogP contribution in [0.25, 0.3) is 32.9 Å². The molecule has 0 radical (unpaired) electrons. The van der Waals surface area contributed by atoms with Gasteiger partial charge >= 0.3 is 0 Å². The summed E-state index contributed by atoms with van der Waals surface area (Å²) < 4.78 is 0. The van der Waals surface area contributed by atoms with Crippen LogP contribution in [-0.2, 0) is 6.42 Å². The predicted octanol–water partition coefficient (Wildman–Crippen LogP) is 6.40. The van der Waals surface area contributed by atoms with Gasteiger partial charge in [0.05, 0.1) is 11.0 Å². The Morgan fingerprint density at radius 1 is 0.708 bits per heavy atom. The summed E-state index contributed by atoms with van der Waals surface area (Å²) in [4.78, 5) is 4.82. The summed E-state index contributed by atoms with van der Waals surface area (Å²) in [6.45, 7) is 2.24. The molecule has 118 valence electrons. The van der Waals surface area contributed by atoms with E-state index < -0.39 is 0 Å². The van der Waals surface area contributed by atoms with Gasteiger partial charge in [0, 0.05) is 16.3 Å². The number of para-hydroxylation sites is 2. The summed E-state index contributed by atoms with van der Waals surface area (Å²) >= 11 is 0. The van der Waals surface area contributed by atoms with Crippen LogP contribution in [0.1, 0.15) is 25.3 Å². The van der Waals surface area contributed by atoms with Crippen molar-refractivity contribution >= 4 is 21.8 Å². The topological polar surface area (TPSA) is 12.9 Å². The summed E-state index contributed by atoms with van der Waals surface area (Å²) in [6.07, 6.45) is 3.65. The molecule has 1 heterocycles. The average Bonchev–Trinajstić information content (AvgIpc) is 2.65. The van der Waals surface area contributed by atoms with Gasteiger partial charge < -0.3 is 0 Å². The quantitative estimate of drug-likeness (QED) is 0.397. The Hall–Kier alpha value is -2.67. The number of fused-ring (bicyclic) bond motifs is 2. The Labute approximate surface area is 143 Å². The zero-order chi connectivity index (χ0) is 16.4. The molecule has 0 unspecified atom stereocenters. The predicted molar refractivity (Wildman–Crippen MR) is 103 cm³/mol. The van der Waals surface area contributed by atoms with E-state index in [1.54, 1.807) is 0 Å². The fourth-order valence-electron chi connectivity index (χ4n) is 3.37. The Balaban J connectivity index is 1.93. The van der Waals surface area contributed by atoms with Crippen LogP contribution in [0.4, 0.5) is 0 Å².